The molecule has 5 nitrogen and oxygen atoms in total. The second-order valence-electron chi connectivity index (χ2n) is 4.34. The molecule has 0 aliphatic rings. The Morgan fingerprint density at radius 2 is 2.06 bits per heavy atom. The van der Waals surface area contributed by atoms with E-state index in [1.165, 1.54) is 0 Å². The van der Waals surface area contributed by atoms with Crippen molar-refractivity contribution < 1.29 is 10.0 Å². The highest BCUT2D eigenvalue weighted by atomic mass is 16.4. The van der Waals surface area contributed by atoms with E-state index in [2.05, 4.69) is 10.5 Å². The monoisotopic (exact) mass is 249 g/mol. The van der Waals surface area contributed by atoms with Crippen LogP contribution in [0.3, 0.4) is 0 Å². The average molecular weight is 249 g/mol. The van der Waals surface area contributed by atoms with Gasteiger partial charge in [0.1, 0.15) is 5.41 Å². The zero-order valence-corrected chi connectivity index (χ0v) is 10.7. The molecule has 0 radical (unpaired) electrons. The van der Waals surface area contributed by atoms with Crippen LogP contribution in [0.2, 0.25) is 0 Å². The van der Waals surface area contributed by atoms with Gasteiger partial charge in [0.25, 0.3) is 0 Å². The molecule has 1 aromatic rings. The van der Waals surface area contributed by atoms with Gasteiger partial charge in [-0.3, -0.25) is 4.79 Å². The van der Waals surface area contributed by atoms with Gasteiger partial charge in [-0.05, 0) is 18.9 Å². The predicted octanol–water partition coefficient (Wildman–Crippen LogP) is 1.47. The molecular formula is C13H19N3O2. The van der Waals surface area contributed by atoms with E-state index in [9.17, 15) is 4.79 Å². The summed E-state index contributed by atoms with van der Waals surface area (Å²) in [6.07, 6.45) is 0.462. The Balaban J connectivity index is 2.70. The van der Waals surface area contributed by atoms with Crippen molar-refractivity contribution in [3.8, 4) is 0 Å². The molecule has 0 saturated heterocycles. The number of nitrogens with two attached hydrogens (primary N) is 1. The smallest absolute Gasteiger partial charge is 0.233 e. The van der Waals surface area contributed by atoms with Crippen LogP contribution < -0.4 is 11.1 Å². The van der Waals surface area contributed by atoms with Gasteiger partial charge in [0.15, 0.2) is 5.84 Å². The SMILES string of the molecule is CCC(C)(C(=O)NCc1ccccc1)/C(N)=N/O. The van der Waals surface area contributed by atoms with E-state index in [0.717, 1.165) is 5.56 Å². The van der Waals surface area contributed by atoms with Crippen molar-refractivity contribution in [2.24, 2.45) is 16.3 Å². The van der Waals surface area contributed by atoms with Gasteiger partial charge in [-0.25, -0.2) is 0 Å². The molecule has 18 heavy (non-hydrogen) atoms. The van der Waals surface area contributed by atoms with Crippen LogP contribution in [0.15, 0.2) is 35.5 Å². The quantitative estimate of drug-likeness (QED) is 0.319. The Morgan fingerprint density at radius 3 is 2.56 bits per heavy atom. The summed E-state index contributed by atoms with van der Waals surface area (Å²) in [6, 6.07) is 9.58. The number of carbonyl (C=O) groups excluding carboxylic acids is 1. The molecule has 98 valence electrons. The number of amidine groups is 1. The van der Waals surface area contributed by atoms with Gasteiger partial charge < -0.3 is 16.3 Å². The Hall–Kier alpha value is -2.04. The van der Waals surface area contributed by atoms with Crippen LogP contribution in [0.1, 0.15) is 25.8 Å². The summed E-state index contributed by atoms with van der Waals surface area (Å²) in [5, 5.41) is 14.5. The molecule has 4 N–H and O–H groups in total. The number of hydrogen-bond acceptors (Lipinski definition) is 3. The lowest BCUT2D eigenvalue weighted by Crippen LogP contribution is -2.47. The second kappa shape index (κ2) is 6.05. The maximum Gasteiger partial charge on any atom is 0.233 e. The minimum absolute atomic E-state index is 0.0736. The summed E-state index contributed by atoms with van der Waals surface area (Å²) in [4.78, 5) is 12.1. The van der Waals surface area contributed by atoms with Crippen molar-refractivity contribution in [1.82, 2.24) is 5.32 Å². The molecule has 1 unspecified atom stereocenters. The molecular weight excluding hydrogens is 230 g/mol. The fourth-order valence-corrected chi connectivity index (χ4v) is 1.54. The summed E-state index contributed by atoms with van der Waals surface area (Å²) < 4.78 is 0. The molecule has 5 heteroatoms. The molecule has 1 amide bonds. The first-order valence-electron chi connectivity index (χ1n) is 5.84. The summed E-state index contributed by atoms with van der Waals surface area (Å²) >= 11 is 0. The summed E-state index contributed by atoms with van der Waals surface area (Å²) in [7, 11) is 0. The van der Waals surface area contributed by atoms with E-state index < -0.39 is 5.41 Å². The summed E-state index contributed by atoms with van der Waals surface area (Å²) in [6.45, 7) is 3.90. The van der Waals surface area contributed by atoms with Crippen molar-refractivity contribution in [2.75, 3.05) is 0 Å². The first-order valence-corrected chi connectivity index (χ1v) is 5.84. The molecule has 0 aliphatic carbocycles. The van der Waals surface area contributed by atoms with Crippen molar-refractivity contribution in [3.05, 3.63) is 35.9 Å². The minimum Gasteiger partial charge on any atom is -0.409 e. The van der Waals surface area contributed by atoms with Crippen molar-refractivity contribution >= 4 is 11.7 Å². The maximum absolute atomic E-state index is 12.1. The minimum atomic E-state index is -0.983. The number of nitrogens with zero attached hydrogens (tertiary/aromatic N) is 1. The Labute approximate surface area is 107 Å². The van der Waals surface area contributed by atoms with Crippen LogP contribution in [0.4, 0.5) is 0 Å². The van der Waals surface area contributed by atoms with Gasteiger partial charge in [-0.2, -0.15) is 0 Å². The zero-order valence-electron chi connectivity index (χ0n) is 10.7. The van der Waals surface area contributed by atoms with Gasteiger partial charge in [-0.1, -0.05) is 42.4 Å². The fourth-order valence-electron chi connectivity index (χ4n) is 1.54. The van der Waals surface area contributed by atoms with Gasteiger partial charge in [-0.15, -0.1) is 0 Å². The zero-order chi connectivity index (χ0) is 13.6. The van der Waals surface area contributed by atoms with Crippen LogP contribution >= 0.6 is 0 Å². The Morgan fingerprint density at radius 1 is 1.44 bits per heavy atom. The lowest BCUT2D eigenvalue weighted by atomic mass is 9.85. The van der Waals surface area contributed by atoms with Gasteiger partial charge in [0, 0.05) is 6.54 Å². The van der Waals surface area contributed by atoms with E-state index in [-0.39, 0.29) is 11.7 Å². The number of nitrogens with one attached hydrogen (secondary N) is 1. The average Bonchev–Trinajstić information content (AvgIpc) is 2.43. The molecule has 0 aromatic heterocycles. The molecule has 1 aromatic carbocycles. The highest BCUT2D eigenvalue weighted by Crippen LogP contribution is 2.21. The first-order chi connectivity index (χ1) is 8.54. The second-order valence-corrected chi connectivity index (χ2v) is 4.34. The molecule has 0 fully saturated rings. The summed E-state index contributed by atoms with van der Waals surface area (Å²) in [5.41, 5.74) is 5.59. The number of rotatable bonds is 5. The molecule has 0 spiro atoms. The Kier molecular flexibility index (Phi) is 4.71. The number of benzene rings is 1. The van der Waals surface area contributed by atoms with Crippen LogP contribution in [-0.2, 0) is 11.3 Å². The van der Waals surface area contributed by atoms with E-state index >= 15 is 0 Å². The third-order valence-electron chi connectivity index (χ3n) is 3.18. The molecule has 0 aliphatic heterocycles. The predicted molar refractivity (Wildman–Crippen MR) is 70.1 cm³/mol. The van der Waals surface area contributed by atoms with Crippen LogP contribution in [-0.4, -0.2) is 17.0 Å². The van der Waals surface area contributed by atoms with Crippen LogP contribution in [0.25, 0.3) is 0 Å². The van der Waals surface area contributed by atoms with Crippen molar-refractivity contribution in [1.29, 1.82) is 0 Å². The molecule has 1 rings (SSSR count). The van der Waals surface area contributed by atoms with E-state index in [4.69, 9.17) is 10.9 Å². The van der Waals surface area contributed by atoms with Gasteiger partial charge in [0.05, 0.1) is 0 Å². The van der Waals surface area contributed by atoms with Crippen LogP contribution in [0, 0.1) is 5.41 Å². The normalized spacial score (nSPS) is 14.9. The fraction of sp³-hybridized carbons (Fsp3) is 0.385. The molecule has 0 bridgehead atoms. The first kappa shape index (κ1) is 14.0. The lowest BCUT2D eigenvalue weighted by molar-refractivity contribution is -0.127. The van der Waals surface area contributed by atoms with E-state index in [0.29, 0.717) is 13.0 Å². The third kappa shape index (κ3) is 3.00. The van der Waals surface area contributed by atoms with E-state index in [1.54, 1.807) is 6.92 Å². The number of amides is 1. The number of oxime groups is 1. The Bertz CT molecular complexity index is 431. The van der Waals surface area contributed by atoms with Crippen molar-refractivity contribution in [2.45, 2.75) is 26.8 Å². The highest BCUT2D eigenvalue weighted by Gasteiger charge is 2.36. The standard InChI is InChI=1S/C13H19N3O2/c1-3-13(2,11(14)16-18)12(17)15-9-10-7-5-4-6-8-10/h4-8,18H,3,9H2,1-2H3,(H2,14,16)(H,15,17). The summed E-state index contributed by atoms with van der Waals surface area (Å²) in [5.74, 6) is -0.320. The maximum atomic E-state index is 12.1. The largest absolute Gasteiger partial charge is 0.409 e. The lowest BCUT2D eigenvalue weighted by Gasteiger charge is -2.25. The molecule has 0 saturated carbocycles. The number of carbonyl (C=O) groups is 1. The van der Waals surface area contributed by atoms with Gasteiger partial charge >= 0.3 is 0 Å². The molecule has 0 heterocycles. The number of hydrogen-bond donors (Lipinski definition) is 3. The van der Waals surface area contributed by atoms with E-state index in [1.807, 2.05) is 37.3 Å². The third-order valence-corrected chi connectivity index (χ3v) is 3.18. The molecule has 1 atom stereocenters. The topological polar surface area (TPSA) is 87.7 Å². The van der Waals surface area contributed by atoms with Gasteiger partial charge in [0.2, 0.25) is 5.91 Å². The van der Waals surface area contributed by atoms with Crippen molar-refractivity contribution in [3.63, 3.8) is 0 Å². The highest BCUT2D eigenvalue weighted by molar-refractivity contribution is 6.06. The van der Waals surface area contributed by atoms with Crippen LogP contribution in [0.5, 0.6) is 0 Å².